The minimum atomic E-state index is -3.87. The molecule has 35 heavy (non-hydrogen) atoms. The topological polar surface area (TPSA) is 86.8 Å². The van der Waals surface area contributed by atoms with Gasteiger partial charge in [0.25, 0.3) is 0 Å². The average Bonchev–Trinajstić information content (AvgIpc) is 3.28. The van der Waals surface area contributed by atoms with E-state index in [0.717, 1.165) is 41.8 Å². The van der Waals surface area contributed by atoms with E-state index in [1.54, 1.807) is 31.2 Å². The van der Waals surface area contributed by atoms with Crippen molar-refractivity contribution in [1.82, 2.24) is 10.2 Å². The first kappa shape index (κ1) is 27.6. The highest BCUT2D eigenvalue weighted by Gasteiger charge is 2.31. The standard InChI is InChI=1S/C24H28Cl3N3O4S/c1-16(24(32)28-21-5-3-4-6-21)29(14-17-7-9-18(25)10-8-17)23(31)15-30(35(2,33)34)22-12-19(26)11-20(27)13-22/h7-13,16,21H,3-6,14-15H2,1-2H3,(H,28,32). The van der Waals surface area contributed by atoms with E-state index in [0.29, 0.717) is 5.02 Å². The Bertz CT molecular complexity index is 1150. The summed E-state index contributed by atoms with van der Waals surface area (Å²) in [6, 6.07) is 10.5. The second kappa shape index (κ2) is 11.8. The van der Waals surface area contributed by atoms with Crippen LogP contribution in [0.3, 0.4) is 0 Å². The molecule has 2 amide bonds. The Balaban J connectivity index is 1.89. The number of benzene rings is 2. The highest BCUT2D eigenvalue weighted by Crippen LogP contribution is 2.27. The van der Waals surface area contributed by atoms with Gasteiger partial charge in [0.15, 0.2) is 0 Å². The van der Waals surface area contributed by atoms with Crippen molar-refractivity contribution in [2.24, 2.45) is 0 Å². The third kappa shape index (κ3) is 7.74. The number of carbonyl (C=O) groups is 2. The third-order valence-corrected chi connectivity index (χ3v) is 7.78. The van der Waals surface area contributed by atoms with Gasteiger partial charge in [0.05, 0.1) is 11.9 Å². The molecule has 1 N–H and O–H groups in total. The molecule has 1 saturated carbocycles. The summed E-state index contributed by atoms with van der Waals surface area (Å²) in [4.78, 5) is 28.0. The minimum Gasteiger partial charge on any atom is -0.352 e. The maximum absolute atomic E-state index is 13.5. The van der Waals surface area contributed by atoms with Crippen LogP contribution in [-0.4, -0.2) is 50.0 Å². The number of anilines is 1. The maximum Gasteiger partial charge on any atom is 0.244 e. The zero-order valence-electron chi connectivity index (χ0n) is 19.5. The number of nitrogens with one attached hydrogen (secondary N) is 1. The van der Waals surface area contributed by atoms with E-state index in [9.17, 15) is 18.0 Å². The lowest BCUT2D eigenvalue weighted by Crippen LogP contribution is -2.52. The smallest absolute Gasteiger partial charge is 0.244 e. The van der Waals surface area contributed by atoms with Crippen LogP contribution in [0.4, 0.5) is 5.69 Å². The summed E-state index contributed by atoms with van der Waals surface area (Å²) in [5.74, 6) is -0.827. The Morgan fingerprint density at radius 2 is 1.57 bits per heavy atom. The first-order chi connectivity index (χ1) is 16.4. The normalized spacial score (nSPS) is 15.0. The van der Waals surface area contributed by atoms with E-state index in [2.05, 4.69) is 5.32 Å². The van der Waals surface area contributed by atoms with E-state index in [-0.39, 0.29) is 34.2 Å². The molecule has 1 unspecified atom stereocenters. The molecule has 0 bridgehead atoms. The van der Waals surface area contributed by atoms with Gasteiger partial charge in [-0.15, -0.1) is 0 Å². The number of carbonyl (C=O) groups excluding carboxylic acids is 2. The molecule has 0 aromatic heterocycles. The van der Waals surface area contributed by atoms with Gasteiger partial charge in [-0.3, -0.25) is 13.9 Å². The molecule has 1 fully saturated rings. The highest BCUT2D eigenvalue weighted by molar-refractivity contribution is 7.92. The fraction of sp³-hybridized carbons (Fsp3) is 0.417. The van der Waals surface area contributed by atoms with Crippen LogP contribution in [0.1, 0.15) is 38.2 Å². The van der Waals surface area contributed by atoms with E-state index < -0.39 is 28.5 Å². The molecule has 1 aliphatic rings. The van der Waals surface area contributed by atoms with Gasteiger partial charge in [-0.2, -0.15) is 0 Å². The van der Waals surface area contributed by atoms with Crippen LogP contribution in [0.2, 0.25) is 15.1 Å². The molecule has 11 heteroatoms. The second-order valence-electron chi connectivity index (χ2n) is 8.71. The van der Waals surface area contributed by atoms with Crippen molar-refractivity contribution in [2.75, 3.05) is 17.1 Å². The number of nitrogens with zero attached hydrogens (tertiary/aromatic N) is 2. The van der Waals surface area contributed by atoms with Crippen LogP contribution < -0.4 is 9.62 Å². The van der Waals surface area contributed by atoms with Gasteiger partial charge in [-0.1, -0.05) is 59.8 Å². The molecule has 0 saturated heterocycles. The van der Waals surface area contributed by atoms with E-state index in [1.807, 2.05) is 0 Å². The molecule has 2 aromatic rings. The predicted octanol–water partition coefficient (Wildman–Crippen LogP) is 4.89. The van der Waals surface area contributed by atoms with Gasteiger partial charge in [0, 0.05) is 27.7 Å². The molecule has 0 spiro atoms. The third-order valence-electron chi connectivity index (χ3n) is 5.95. The molecule has 190 valence electrons. The lowest BCUT2D eigenvalue weighted by Gasteiger charge is -2.32. The monoisotopic (exact) mass is 559 g/mol. The van der Waals surface area contributed by atoms with Crippen molar-refractivity contribution in [3.63, 3.8) is 0 Å². The fourth-order valence-corrected chi connectivity index (χ4v) is 5.53. The first-order valence-corrected chi connectivity index (χ1v) is 14.2. The molecule has 0 radical (unpaired) electrons. The van der Waals surface area contributed by atoms with Crippen LogP contribution in [0.15, 0.2) is 42.5 Å². The Morgan fingerprint density at radius 1 is 1.00 bits per heavy atom. The molecule has 1 aliphatic carbocycles. The number of halogens is 3. The summed E-state index contributed by atoms with van der Waals surface area (Å²) in [7, 11) is -3.87. The zero-order chi connectivity index (χ0) is 25.8. The Labute approximate surface area is 221 Å². The molecule has 2 aromatic carbocycles. The summed E-state index contributed by atoms with van der Waals surface area (Å²) in [5, 5.41) is 4.02. The van der Waals surface area contributed by atoms with Crippen LogP contribution in [0.25, 0.3) is 0 Å². The molecule has 7 nitrogen and oxygen atoms in total. The van der Waals surface area contributed by atoms with Crippen LogP contribution in [-0.2, 0) is 26.2 Å². The summed E-state index contributed by atoms with van der Waals surface area (Å²) < 4.78 is 26.2. The highest BCUT2D eigenvalue weighted by atomic mass is 35.5. The van der Waals surface area contributed by atoms with Crippen molar-refractivity contribution >= 4 is 62.3 Å². The zero-order valence-corrected chi connectivity index (χ0v) is 22.6. The number of hydrogen-bond donors (Lipinski definition) is 1. The van der Waals surface area contributed by atoms with E-state index >= 15 is 0 Å². The number of hydrogen-bond acceptors (Lipinski definition) is 4. The molecular weight excluding hydrogens is 533 g/mol. The molecule has 0 aliphatic heterocycles. The van der Waals surface area contributed by atoms with Gasteiger partial charge in [-0.25, -0.2) is 8.42 Å². The fourth-order valence-electron chi connectivity index (χ4n) is 4.06. The first-order valence-electron chi connectivity index (χ1n) is 11.2. The summed E-state index contributed by atoms with van der Waals surface area (Å²) in [6.45, 7) is 1.21. The molecule has 0 heterocycles. The Hall–Kier alpha value is -2.00. The van der Waals surface area contributed by atoms with Gasteiger partial charge in [0.2, 0.25) is 21.8 Å². The van der Waals surface area contributed by atoms with Gasteiger partial charge in [0.1, 0.15) is 12.6 Å². The van der Waals surface area contributed by atoms with Crippen LogP contribution in [0.5, 0.6) is 0 Å². The second-order valence-corrected chi connectivity index (χ2v) is 11.9. The number of sulfonamides is 1. The van der Waals surface area contributed by atoms with Crippen molar-refractivity contribution in [1.29, 1.82) is 0 Å². The predicted molar refractivity (Wildman–Crippen MR) is 141 cm³/mol. The largest absolute Gasteiger partial charge is 0.352 e. The summed E-state index contributed by atoms with van der Waals surface area (Å²) in [5.41, 5.74) is 0.910. The van der Waals surface area contributed by atoms with E-state index in [1.165, 1.54) is 23.1 Å². The van der Waals surface area contributed by atoms with Gasteiger partial charge < -0.3 is 10.2 Å². The van der Waals surface area contributed by atoms with Crippen molar-refractivity contribution in [2.45, 2.75) is 51.2 Å². The van der Waals surface area contributed by atoms with E-state index in [4.69, 9.17) is 34.8 Å². The minimum absolute atomic E-state index is 0.0820. The average molecular weight is 561 g/mol. The quantitative estimate of drug-likeness (QED) is 0.473. The van der Waals surface area contributed by atoms with Crippen LogP contribution >= 0.6 is 34.8 Å². The number of rotatable bonds is 9. The SMILES string of the molecule is CC(C(=O)NC1CCCC1)N(Cc1ccc(Cl)cc1)C(=O)CN(c1cc(Cl)cc(Cl)c1)S(C)(=O)=O. The van der Waals surface area contributed by atoms with Crippen molar-refractivity contribution in [3.8, 4) is 0 Å². The summed E-state index contributed by atoms with van der Waals surface area (Å²) in [6.07, 6.45) is 4.91. The Kier molecular flexibility index (Phi) is 9.32. The van der Waals surface area contributed by atoms with Crippen LogP contribution in [0, 0.1) is 0 Å². The lowest BCUT2D eigenvalue weighted by molar-refractivity contribution is -0.139. The lowest BCUT2D eigenvalue weighted by atomic mass is 10.1. The van der Waals surface area contributed by atoms with Crippen molar-refractivity contribution < 1.29 is 18.0 Å². The summed E-state index contributed by atoms with van der Waals surface area (Å²) >= 11 is 18.1. The van der Waals surface area contributed by atoms with Gasteiger partial charge in [-0.05, 0) is 55.7 Å². The molecular formula is C24H28Cl3N3O4S. The molecule has 3 rings (SSSR count). The van der Waals surface area contributed by atoms with Gasteiger partial charge >= 0.3 is 0 Å². The maximum atomic E-state index is 13.5. The Morgan fingerprint density at radius 3 is 2.11 bits per heavy atom. The number of amides is 2. The van der Waals surface area contributed by atoms with Crippen molar-refractivity contribution in [3.05, 3.63) is 63.1 Å². The molecule has 1 atom stereocenters.